The van der Waals surface area contributed by atoms with E-state index >= 15 is 4.39 Å². The van der Waals surface area contributed by atoms with Crippen molar-refractivity contribution < 1.29 is 9.13 Å². The van der Waals surface area contributed by atoms with Crippen LogP contribution in [0, 0.1) is 11.7 Å². The number of nitrogens with zero attached hydrogens (tertiary/aromatic N) is 4. The van der Waals surface area contributed by atoms with Gasteiger partial charge in [-0.05, 0) is 69.0 Å². The zero-order valence-corrected chi connectivity index (χ0v) is 20.7. The molecule has 9 heteroatoms. The van der Waals surface area contributed by atoms with Gasteiger partial charge < -0.3 is 26.0 Å². The molecule has 2 aromatic rings. The number of aromatic nitrogens is 3. The van der Waals surface area contributed by atoms with Crippen molar-refractivity contribution >= 4 is 23.5 Å². The van der Waals surface area contributed by atoms with Gasteiger partial charge in [0.1, 0.15) is 0 Å². The van der Waals surface area contributed by atoms with Crippen LogP contribution in [0.3, 0.4) is 0 Å². The molecule has 0 spiro atoms. The van der Waals surface area contributed by atoms with Crippen LogP contribution in [-0.2, 0) is 6.42 Å². The minimum atomic E-state index is -0.339. The lowest BCUT2D eigenvalue weighted by Crippen LogP contribution is -2.46. The van der Waals surface area contributed by atoms with Crippen LogP contribution >= 0.6 is 0 Å². The summed E-state index contributed by atoms with van der Waals surface area (Å²) < 4.78 is 20.8. The molecule has 1 saturated carbocycles. The highest BCUT2D eigenvalue weighted by Crippen LogP contribution is 2.37. The van der Waals surface area contributed by atoms with Gasteiger partial charge in [-0.25, -0.2) is 4.39 Å². The van der Waals surface area contributed by atoms with Gasteiger partial charge in [-0.15, -0.1) is 0 Å². The van der Waals surface area contributed by atoms with E-state index < -0.39 is 0 Å². The SMILES string of the molecule is CCC(C1CCCN1)N(c1cc(F)c2c(c1)CCCO2)c1nc(N)nc(NCC2CCCCC2)n1. The second-order valence-electron chi connectivity index (χ2n) is 10.1. The fraction of sp³-hybridized carbons (Fsp3) is 0.654. The molecule has 8 nitrogen and oxygen atoms in total. The van der Waals surface area contributed by atoms with Crippen LogP contribution in [0.15, 0.2) is 12.1 Å². The highest BCUT2D eigenvalue weighted by molar-refractivity contribution is 5.64. The minimum absolute atomic E-state index is 0.0486. The van der Waals surface area contributed by atoms with Gasteiger partial charge in [-0.2, -0.15) is 15.0 Å². The van der Waals surface area contributed by atoms with E-state index in [2.05, 4.69) is 32.4 Å². The second-order valence-corrected chi connectivity index (χ2v) is 10.1. The number of nitrogen functional groups attached to an aromatic ring is 1. The van der Waals surface area contributed by atoms with Crippen LogP contribution < -0.4 is 26.0 Å². The third-order valence-corrected chi connectivity index (χ3v) is 7.66. The van der Waals surface area contributed by atoms with Crippen LogP contribution in [0.2, 0.25) is 0 Å². The number of halogens is 1. The summed E-state index contributed by atoms with van der Waals surface area (Å²) in [5.74, 6) is 1.77. The first-order valence-corrected chi connectivity index (χ1v) is 13.4. The third-order valence-electron chi connectivity index (χ3n) is 7.66. The van der Waals surface area contributed by atoms with E-state index in [1.165, 1.54) is 32.1 Å². The van der Waals surface area contributed by atoms with Gasteiger partial charge in [0.25, 0.3) is 0 Å². The lowest BCUT2D eigenvalue weighted by molar-refractivity contribution is 0.273. The maximum atomic E-state index is 15.2. The van der Waals surface area contributed by atoms with Gasteiger partial charge in [0.2, 0.25) is 17.8 Å². The first-order chi connectivity index (χ1) is 17.1. The molecule has 3 aliphatic rings. The Morgan fingerprint density at radius 1 is 1.14 bits per heavy atom. The molecule has 1 saturated heterocycles. The molecule has 2 aliphatic heterocycles. The van der Waals surface area contributed by atoms with Gasteiger partial charge >= 0.3 is 0 Å². The summed E-state index contributed by atoms with van der Waals surface area (Å²) in [5, 5.41) is 7.03. The summed E-state index contributed by atoms with van der Waals surface area (Å²) in [6.45, 7) is 4.52. The first kappa shape index (κ1) is 24.0. The highest BCUT2D eigenvalue weighted by atomic mass is 19.1. The van der Waals surface area contributed by atoms with Crippen molar-refractivity contribution in [2.45, 2.75) is 83.2 Å². The summed E-state index contributed by atoms with van der Waals surface area (Å²) in [6, 6.07) is 3.89. The number of rotatable bonds is 8. The lowest BCUT2D eigenvalue weighted by atomic mass is 9.89. The maximum Gasteiger partial charge on any atom is 0.236 e. The van der Waals surface area contributed by atoms with Crippen molar-refractivity contribution in [3.8, 4) is 5.75 Å². The Bertz CT molecular complexity index is 1010. The Hall–Kier alpha value is -2.68. The Labute approximate surface area is 207 Å². The molecule has 0 amide bonds. The first-order valence-electron chi connectivity index (χ1n) is 13.4. The van der Waals surface area contributed by atoms with Gasteiger partial charge in [-0.1, -0.05) is 26.2 Å². The fourth-order valence-corrected chi connectivity index (χ4v) is 5.89. The van der Waals surface area contributed by atoms with E-state index in [0.29, 0.717) is 30.2 Å². The molecular formula is C26H38FN7O. The highest BCUT2D eigenvalue weighted by Gasteiger charge is 2.33. The number of benzene rings is 1. The summed E-state index contributed by atoms with van der Waals surface area (Å²) in [7, 11) is 0. The molecule has 3 heterocycles. The van der Waals surface area contributed by atoms with E-state index in [-0.39, 0.29) is 23.8 Å². The largest absolute Gasteiger partial charge is 0.490 e. The Morgan fingerprint density at radius 3 is 2.77 bits per heavy atom. The van der Waals surface area contributed by atoms with Crippen molar-refractivity contribution in [2.75, 3.05) is 35.6 Å². The van der Waals surface area contributed by atoms with Gasteiger partial charge in [0, 0.05) is 24.3 Å². The quantitative estimate of drug-likeness (QED) is 0.502. The molecule has 0 radical (unpaired) electrons. The van der Waals surface area contributed by atoms with Gasteiger partial charge in [0.15, 0.2) is 11.6 Å². The standard InChI is InChI=1S/C26H38FN7O/c1-2-22(21-11-6-12-29-21)34(19-14-18-10-7-13-35-23(18)20(27)15-19)26-32-24(28)31-25(33-26)30-16-17-8-4-3-5-9-17/h14-15,17,21-22,29H,2-13,16H2,1H3,(H3,28,30,31,32,33). The zero-order chi connectivity index (χ0) is 24.2. The number of aryl methyl sites for hydroxylation is 1. The normalized spacial score (nSPS) is 21.3. The van der Waals surface area contributed by atoms with Crippen molar-refractivity contribution in [3.63, 3.8) is 0 Å². The van der Waals surface area contributed by atoms with Crippen LogP contribution in [0.1, 0.15) is 70.3 Å². The van der Waals surface area contributed by atoms with Crippen molar-refractivity contribution in [1.82, 2.24) is 20.3 Å². The Morgan fingerprint density at radius 2 is 2.00 bits per heavy atom. The molecule has 2 atom stereocenters. The van der Waals surface area contributed by atoms with Crippen LogP contribution in [0.4, 0.5) is 27.9 Å². The van der Waals surface area contributed by atoms with Crippen LogP contribution in [0.5, 0.6) is 5.75 Å². The number of nitrogens with two attached hydrogens (primary N) is 1. The van der Waals surface area contributed by atoms with E-state index in [9.17, 15) is 0 Å². The predicted octanol–water partition coefficient (Wildman–Crippen LogP) is 4.58. The van der Waals surface area contributed by atoms with Gasteiger partial charge in [0.05, 0.1) is 12.6 Å². The van der Waals surface area contributed by atoms with Crippen LogP contribution in [-0.4, -0.2) is 46.7 Å². The van der Waals surface area contributed by atoms with E-state index in [1.54, 1.807) is 6.07 Å². The molecule has 4 N–H and O–H groups in total. The zero-order valence-electron chi connectivity index (χ0n) is 20.7. The van der Waals surface area contributed by atoms with Gasteiger partial charge in [-0.3, -0.25) is 0 Å². The lowest BCUT2D eigenvalue weighted by Gasteiger charge is -2.36. The number of ether oxygens (including phenoxy) is 1. The van der Waals surface area contributed by atoms with Crippen molar-refractivity contribution in [2.24, 2.45) is 5.92 Å². The number of hydrogen-bond acceptors (Lipinski definition) is 8. The summed E-state index contributed by atoms with van der Waals surface area (Å²) in [6.07, 6.45) is 11.0. The number of nitrogens with one attached hydrogen (secondary N) is 2. The molecule has 190 valence electrons. The topological polar surface area (TPSA) is 101 Å². The molecule has 2 unspecified atom stereocenters. The summed E-state index contributed by atoms with van der Waals surface area (Å²) >= 11 is 0. The average Bonchev–Trinajstić information content (AvgIpc) is 3.41. The Balaban J connectivity index is 1.50. The van der Waals surface area contributed by atoms with E-state index in [4.69, 9.17) is 15.5 Å². The smallest absolute Gasteiger partial charge is 0.236 e. The average molecular weight is 484 g/mol. The van der Waals surface area contributed by atoms with Crippen molar-refractivity contribution in [1.29, 1.82) is 0 Å². The maximum absolute atomic E-state index is 15.2. The fourth-order valence-electron chi connectivity index (χ4n) is 5.89. The molecule has 35 heavy (non-hydrogen) atoms. The molecule has 1 aromatic carbocycles. The molecule has 5 rings (SSSR count). The monoisotopic (exact) mass is 483 g/mol. The predicted molar refractivity (Wildman–Crippen MR) is 137 cm³/mol. The minimum Gasteiger partial charge on any atom is -0.490 e. The number of fused-ring (bicyclic) bond motifs is 1. The molecular weight excluding hydrogens is 445 g/mol. The van der Waals surface area contributed by atoms with E-state index in [0.717, 1.165) is 56.4 Å². The third kappa shape index (κ3) is 5.44. The summed E-state index contributed by atoms with van der Waals surface area (Å²) in [4.78, 5) is 15.8. The number of anilines is 4. The molecule has 2 fully saturated rings. The molecule has 1 aliphatic carbocycles. The summed E-state index contributed by atoms with van der Waals surface area (Å²) in [5.41, 5.74) is 7.81. The van der Waals surface area contributed by atoms with E-state index in [1.807, 2.05) is 6.07 Å². The molecule has 0 bridgehead atoms. The number of hydrogen-bond donors (Lipinski definition) is 3. The van der Waals surface area contributed by atoms with Crippen molar-refractivity contribution in [3.05, 3.63) is 23.5 Å². The molecule has 1 aromatic heterocycles. The van der Waals surface area contributed by atoms with Crippen LogP contribution in [0.25, 0.3) is 0 Å². The Kier molecular flexibility index (Phi) is 7.51. The second kappa shape index (κ2) is 10.9.